The summed E-state index contributed by atoms with van der Waals surface area (Å²) in [6.45, 7) is 5.17. The van der Waals surface area contributed by atoms with Gasteiger partial charge in [0.15, 0.2) is 0 Å². The van der Waals surface area contributed by atoms with Crippen LogP contribution in [0, 0.1) is 13.8 Å². The normalized spacial score (nSPS) is 11.9. The van der Waals surface area contributed by atoms with Crippen LogP contribution in [0.25, 0.3) is 0 Å². The molecule has 116 valence electrons. The van der Waals surface area contributed by atoms with Gasteiger partial charge in [-0.25, -0.2) is 4.79 Å². The number of aromatic nitrogens is 2. The molecule has 0 radical (unpaired) electrons. The van der Waals surface area contributed by atoms with Gasteiger partial charge in [0.1, 0.15) is 6.04 Å². The average Bonchev–Trinajstić information content (AvgIpc) is 2.36. The van der Waals surface area contributed by atoms with Gasteiger partial charge in [-0.3, -0.25) is 9.59 Å². The summed E-state index contributed by atoms with van der Waals surface area (Å²) in [6, 6.07) is -0.552. The van der Waals surface area contributed by atoms with Crippen LogP contribution in [0.5, 0.6) is 0 Å². The smallest absolute Gasteiger partial charge is 0.345 e. The Hall–Kier alpha value is -2.18. The van der Waals surface area contributed by atoms with Gasteiger partial charge in [0, 0.05) is 31.9 Å². The van der Waals surface area contributed by atoms with Crippen molar-refractivity contribution < 1.29 is 9.59 Å². The highest BCUT2D eigenvalue weighted by Gasteiger charge is 2.17. The van der Waals surface area contributed by atoms with E-state index in [0.717, 1.165) is 11.3 Å². The van der Waals surface area contributed by atoms with Crippen LogP contribution in [0.15, 0.2) is 4.79 Å². The minimum absolute atomic E-state index is 0.151. The van der Waals surface area contributed by atoms with E-state index in [1.54, 1.807) is 34.9 Å². The number of aryl methyl sites for hydroxylation is 2. The van der Waals surface area contributed by atoms with Gasteiger partial charge in [-0.1, -0.05) is 0 Å². The van der Waals surface area contributed by atoms with Crippen LogP contribution < -0.4 is 11.0 Å². The molecule has 0 saturated heterocycles. The quantitative estimate of drug-likeness (QED) is 0.793. The molecule has 1 unspecified atom stereocenters. The van der Waals surface area contributed by atoms with Crippen LogP contribution >= 0.6 is 0 Å². The number of nitrogens with zero attached hydrogens (tertiary/aromatic N) is 2. The van der Waals surface area contributed by atoms with Gasteiger partial charge in [0.25, 0.3) is 0 Å². The second kappa shape index (κ2) is 7.01. The van der Waals surface area contributed by atoms with E-state index in [1.165, 1.54) is 4.90 Å². The van der Waals surface area contributed by atoms with E-state index >= 15 is 0 Å². The van der Waals surface area contributed by atoms with Crippen molar-refractivity contribution in [3.8, 4) is 0 Å². The fraction of sp³-hybridized carbons (Fsp3) is 0.571. The molecule has 21 heavy (non-hydrogen) atoms. The number of amides is 2. The van der Waals surface area contributed by atoms with Crippen LogP contribution in [0.2, 0.25) is 0 Å². The number of rotatable bonds is 5. The fourth-order valence-corrected chi connectivity index (χ4v) is 2.12. The Labute approximate surface area is 123 Å². The lowest BCUT2D eigenvalue weighted by molar-refractivity contribution is -0.133. The molecule has 0 aliphatic heterocycles. The number of H-pyrrole nitrogens is 1. The summed E-state index contributed by atoms with van der Waals surface area (Å²) >= 11 is 0. The van der Waals surface area contributed by atoms with Gasteiger partial charge in [-0.15, -0.1) is 0 Å². The van der Waals surface area contributed by atoms with E-state index in [4.69, 9.17) is 0 Å². The highest BCUT2D eigenvalue weighted by atomic mass is 16.2. The van der Waals surface area contributed by atoms with E-state index in [1.807, 2.05) is 0 Å². The fourth-order valence-electron chi connectivity index (χ4n) is 2.12. The van der Waals surface area contributed by atoms with Crippen LogP contribution in [0.1, 0.15) is 30.3 Å². The van der Waals surface area contributed by atoms with E-state index in [9.17, 15) is 14.4 Å². The summed E-state index contributed by atoms with van der Waals surface area (Å²) in [5, 5.41) is 2.66. The number of hydrogen-bond acceptors (Lipinski definition) is 4. The third-order valence-electron chi connectivity index (χ3n) is 3.24. The Kier molecular flexibility index (Phi) is 5.63. The third-order valence-corrected chi connectivity index (χ3v) is 3.24. The highest BCUT2D eigenvalue weighted by Crippen LogP contribution is 2.09. The van der Waals surface area contributed by atoms with Gasteiger partial charge < -0.3 is 15.2 Å². The predicted octanol–water partition coefficient (Wildman–Crippen LogP) is -0.0878. The van der Waals surface area contributed by atoms with Crippen molar-refractivity contribution in [3.63, 3.8) is 0 Å². The lowest BCUT2D eigenvalue weighted by atomic mass is 10.1. The van der Waals surface area contributed by atoms with Crippen LogP contribution in [0.3, 0.4) is 0 Å². The monoisotopic (exact) mass is 294 g/mol. The molecule has 1 aromatic heterocycles. The first-order valence-electron chi connectivity index (χ1n) is 6.79. The Morgan fingerprint density at radius 1 is 1.33 bits per heavy atom. The molecule has 2 N–H and O–H groups in total. The molecule has 0 aromatic carbocycles. The van der Waals surface area contributed by atoms with Crippen LogP contribution in [-0.2, 0) is 16.0 Å². The largest absolute Gasteiger partial charge is 0.347 e. The molecule has 1 aromatic rings. The maximum Gasteiger partial charge on any atom is 0.345 e. The second-order valence-electron chi connectivity index (χ2n) is 5.25. The van der Waals surface area contributed by atoms with Gasteiger partial charge in [-0.05, 0) is 32.8 Å². The SMILES string of the molecule is Cc1nc(=O)[nH]c(C)c1CCC(=O)NC(C)C(=O)N(C)C. The van der Waals surface area contributed by atoms with Crippen LogP contribution in [0.4, 0.5) is 0 Å². The van der Waals surface area contributed by atoms with Crippen molar-refractivity contribution in [2.24, 2.45) is 0 Å². The Morgan fingerprint density at radius 3 is 2.48 bits per heavy atom. The number of likely N-dealkylation sites (N-methyl/N-ethyl adjacent to an activating group) is 1. The summed E-state index contributed by atoms with van der Waals surface area (Å²) in [4.78, 5) is 42.6. The van der Waals surface area contributed by atoms with Crippen LogP contribution in [-0.4, -0.2) is 46.8 Å². The first kappa shape index (κ1) is 16.9. The summed E-state index contributed by atoms with van der Waals surface area (Å²) in [5.41, 5.74) is 1.82. The van der Waals surface area contributed by atoms with Crippen molar-refractivity contribution in [2.45, 2.75) is 39.7 Å². The molecule has 2 amide bonds. The van der Waals surface area contributed by atoms with Crippen molar-refractivity contribution >= 4 is 11.8 Å². The topological polar surface area (TPSA) is 95.2 Å². The number of hydrogen-bond donors (Lipinski definition) is 2. The zero-order chi connectivity index (χ0) is 16.2. The van der Waals surface area contributed by atoms with Crippen molar-refractivity contribution in [3.05, 3.63) is 27.4 Å². The van der Waals surface area contributed by atoms with Gasteiger partial charge in [0.05, 0.1) is 0 Å². The predicted molar refractivity (Wildman–Crippen MR) is 79.0 cm³/mol. The maximum absolute atomic E-state index is 11.9. The third kappa shape index (κ3) is 4.70. The van der Waals surface area contributed by atoms with E-state index in [-0.39, 0.29) is 23.9 Å². The molecule has 1 rings (SSSR count). The van der Waals surface area contributed by atoms with Crippen molar-refractivity contribution in [1.82, 2.24) is 20.2 Å². The Bertz CT molecular complexity index is 566. The Balaban J connectivity index is 2.62. The summed E-state index contributed by atoms with van der Waals surface area (Å²) in [5.74, 6) is -0.357. The standard InChI is InChI=1S/C14H22N4O3/c1-8-11(9(2)17-14(21)16-8)6-7-12(19)15-10(3)13(20)18(4)5/h10H,6-7H2,1-5H3,(H,15,19)(H,16,17,21). The minimum atomic E-state index is -0.552. The lowest BCUT2D eigenvalue weighted by Gasteiger charge is -2.18. The molecule has 7 heteroatoms. The molecule has 0 saturated carbocycles. The molecular formula is C14H22N4O3. The molecule has 7 nitrogen and oxygen atoms in total. The zero-order valence-electron chi connectivity index (χ0n) is 13.1. The number of aromatic amines is 1. The van der Waals surface area contributed by atoms with Crippen molar-refractivity contribution in [1.29, 1.82) is 0 Å². The summed E-state index contributed by atoms with van der Waals surface area (Å²) in [7, 11) is 3.29. The first-order valence-corrected chi connectivity index (χ1v) is 6.79. The molecule has 0 spiro atoms. The molecule has 0 aliphatic carbocycles. The van der Waals surface area contributed by atoms with E-state index in [0.29, 0.717) is 12.1 Å². The Morgan fingerprint density at radius 2 is 1.95 bits per heavy atom. The average molecular weight is 294 g/mol. The number of carbonyl (C=O) groups excluding carboxylic acids is 2. The number of nitrogens with one attached hydrogen (secondary N) is 2. The molecule has 1 atom stereocenters. The molecule has 0 fully saturated rings. The highest BCUT2D eigenvalue weighted by molar-refractivity contribution is 5.87. The lowest BCUT2D eigenvalue weighted by Crippen LogP contribution is -2.44. The van der Waals surface area contributed by atoms with Gasteiger partial charge in [-0.2, -0.15) is 4.98 Å². The molecular weight excluding hydrogens is 272 g/mol. The molecule has 0 aliphatic rings. The first-order chi connectivity index (χ1) is 9.72. The maximum atomic E-state index is 11.9. The van der Waals surface area contributed by atoms with E-state index < -0.39 is 6.04 Å². The molecule has 0 bridgehead atoms. The minimum Gasteiger partial charge on any atom is -0.347 e. The molecule has 1 heterocycles. The summed E-state index contributed by atoms with van der Waals surface area (Å²) in [6.07, 6.45) is 0.705. The second-order valence-corrected chi connectivity index (χ2v) is 5.25. The number of carbonyl (C=O) groups is 2. The van der Waals surface area contributed by atoms with Crippen molar-refractivity contribution in [2.75, 3.05) is 14.1 Å². The summed E-state index contributed by atoms with van der Waals surface area (Å²) < 4.78 is 0. The van der Waals surface area contributed by atoms with Gasteiger partial charge in [0.2, 0.25) is 11.8 Å². The zero-order valence-corrected chi connectivity index (χ0v) is 13.1. The van der Waals surface area contributed by atoms with E-state index in [2.05, 4.69) is 15.3 Å². The van der Waals surface area contributed by atoms with Gasteiger partial charge >= 0.3 is 5.69 Å².